The maximum atomic E-state index is 12.2. The maximum Gasteiger partial charge on any atom is 0.228 e. The highest BCUT2D eigenvalue weighted by Gasteiger charge is 2.29. The summed E-state index contributed by atoms with van der Waals surface area (Å²) in [5.41, 5.74) is 2.43. The van der Waals surface area contributed by atoms with Crippen LogP contribution in [0.3, 0.4) is 0 Å². The van der Waals surface area contributed by atoms with E-state index >= 15 is 0 Å². The van der Waals surface area contributed by atoms with Gasteiger partial charge in [0.25, 0.3) is 0 Å². The van der Waals surface area contributed by atoms with Crippen LogP contribution in [0.1, 0.15) is 12.8 Å². The summed E-state index contributed by atoms with van der Waals surface area (Å²) >= 11 is 0. The second kappa shape index (κ2) is 6.73. The fourth-order valence-electron chi connectivity index (χ4n) is 3.40. The standard InChI is InChI=1S/C21H20N6O2/c1-22-20-16-10-23-18(26-21(28)12-3-4-12)8-14(16)15(9-24-20)17-11-27-6-5-13(29-2)7-19(27)25-17/h5-12H,3-4H2,1-2H3,(H,22,24)(H,23,26,28). The molecule has 5 rings (SSSR count). The lowest BCUT2D eigenvalue weighted by atomic mass is 10.1. The van der Waals surface area contributed by atoms with Crippen molar-refractivity contribution in [2.24, 2.45) is 5.92 Å². The van der Waals surface area contributed by atoms with Gasteiger partial charge in [0.15, 0.2) is 0 Å². The third kappa shape index (κ3) is 3.12. The predicted octanol–water partition coefficient (Wildman–Crippen LogP) is 3.34. The van der Waals surface area contributed by atoms with Crippen molar-refractivity contribution in [2.75, 3.05) is 24.8 Å². The zero-order chi connectivity index (χ0) is 20.0. The van der Waals surface area contributed by atoms with Crippen molar-refractivity contribution in [1.82, 2.24) is 19.4 Å². The Morgan fingerprint density at radius 2 is 2.07 bits per heavy atom. The number of pyridine rings is 3. The first-order chi connectivity index (χ1) is 14.2. The average Bonchev–Trinajstić information content (AvgIpc) is 3.51. The van der Waals surface area contributed by atoms with E-state index in [9.17, 15) is 4.79 Å². The van der Waals surface area contributed by atoms with Gasteiger partial charge in [-0.25, -0.2) is 15.0 Å². The minimum atomic E-state index is 0.0288. The monoisotopic (exact) mass is 388 g/mol. The Bertz CT molecular complexity index is 1240. The number of hydrogen-bond acceptors (Lipinski definition) is 6. The normalized spacial score (nSPS) is 13.6. The van der Waals surface area contributed by atoms with Gasteiger partial charge in [-0.3, -0.25) is 4.79 Å². The number of aromatic nitrogens is 4. The molecule has 0 aromatic carbocycles. The van der Waals surface area contributed by atoms with Crippen molar-refractivity contribution in [3.8, 4) is 17.0 Å². The number of rotatable bonds is 5. The zero-order valence-corrected chi connectivity index (χ0v) is 16.1. The van der Waals surface area contributed by atoms with Crippen LogP contribution in [-0.2, 0) is 4.79 Å². The highest BCUT2D eigenvalue weighted by Crippen LogP contribution is 2.34. The summed E-state index contributed by atoms with van der Waals surface area (Å²) in [7, 11) is 3.45. The molecular formula is C21H20N6O2. The van der Waals surface area contributed by atoms with Gasteiger partial charge in [-0.05, 0) is 25.0 Å². The van der Waals surface area contributed by atoms with Crippen molar-refractivity contribution >= 4 is 34.0 Å². The molecule has 146 valence electrons. The topological polar surface area (TPSA) is 93.4 Å². The summed E-state index contributed by atoms with van der Waals surface area (Å²) in [6.07, 6.45) is 9.28. The van der Waals surface area contributed by atoms with Crippen LogP contribution >= 0.6 is 0 Å². The summed E-state index contributed by atoms with van der Waals surface area (Å²) in [4.78, 5) is 25.8. The lowest BCUT2D eigenvalue weighted by Gasteiger charge is -2.10. The van der Waals surface area contributed by atoms with Crippen LogP contribution in [0.2, 0.25) is 0 Å². The summed E-state index contributed by atoms with van der Waals surface area (Å²) in [5, 5.41) is 7.80. The van der Waals surface area contributed by atoms with Crippen LogP contribution in [0.5, 0.6) is 5.75 Å². The molecule has 1 saturated carbocycles. The maximum absolute atomic E-state index is 12.2. The molecule has 0 radical (unpaired) electrons. The molecule has 1 amide bonds. The van der Waals surface area contributed by atoms with Crippen molar-refractivity contribution in [3.63, 3.8) is 0 Å². The van der Waals surface area contributed by atoms with E-state index in [1.54, 1.807) is 19.5 Å². The van der Waals surface area contributed by atoms with Gasteiger partial charge < -0.3 is 19.8 Å². The molecule has 4 aromatic rings. The van der Waals surface area contributed by atoms with Crippen LogP contribution < -0.4 is 15.4 Å². The van der Waals surface area contributed by atoms with E-state index in [-0.39, 0.29) is 11.8 Å². The van der Waals surface area contributed by atoms with Crippen LogP contribution in [0, 0.1) is 5.92 Å². The molecule has 8 heteroatoms. The van der Waals surface area contributed by atoms with E-state index in [4.69, 9.17) is 9.72 Å². The van der Waals surface area contributed by atoms with E-state index < -0.39 is 0 Å². The number of hydrogen-bond donors (Lipinski definition) is 2. The molecule has 0 unspecified atom stereocenters. The Labute approximate surface area is 167 Å². The number of ether oxygens (including phenoxy) is 1. The summed E-state index contributed by atoms with van der Waals surface area (Å²) in [5.74, 6) is 2.15. The molecule has 0 spiro atoms. The van der Waals surface area contributed by atoms with Gasteiger partial charge in [-0.15, -0.1) is 0 Å². The number of amides is 1. The molecule has 8 nitrogen and oxygen atoms in total. The lowest BCUT2D eigenvalue weighted by Crippen LogP contribution is -2.14. The molecule has 1 aliphatic rings. The van der Waals surface area contributed by atoms with Gasteiger partial charge in [0.2, 0.25) is 5.91 Å². The second-order valence-electron chi connectivity index (χ2n) is 7.11. The first-order valence-corrected chi connectivity index (χ1v) is 9.47. The minimum absolute atomic E-state index is 0.0288. The highest BCUT2D eigenvalue weighted by molar-refractivity contribution is 6.03. The van der Waals surface area contributed by atoms with Crippen LogP contribution in [0.4, 0.5) is 11.6 Å². The van der Waals surface area contributed by atoms with Gasteiger partial charge >= 0.3 is 0 Å². The van der Waals surface area contributed by atoms with Gasteiger partial charge in [-0.1, -0.05) is 0 Å². The van der Waals surface area contributed by atoms with Crippen LogP contribution in [0.15, 0.2) is 43.0 Å². The Kier molecular flexibility index (Phi) is 4.04. The van der Waals surface area contributed by atoms with Crippen molar-refractivity contribution in [2.45, 2.75) is 12.8 Å². The van der Waals surface area contributed by atoms with Crippen molar-refractivity contribution in [3.05, 3.63) is 43.0 Å². The number of fused-ring (bicyclic) bond motifs is 2. The third-order valence-corrected chi connectivity index (χ3v) is 5.15. The second-order valence-corrected chi connectivity index (χ2v) is 7.11. The molecular weight excluding hydrogens is 368 g/mol. The fourth-order valence-corrected chi connectivity index (χ4v) is 3.40. The molecule has 1 aliphatic carbocycles. The van der Waals surface area contributed by atoms with Gasteiger partial charge in [0, 0.05) is 60.2 Å². The number of nitrogens with one attached hydrogen (secondary N) is 2. The minimum Gasteiger partial charge on any atom is -0.497 e. The Balaban J connectivity index is 1.64. The largest absolute Gasteiger partial charge is 0.497 e. The third-order valence-electron chi connectivity index (χ3n) is 5.15. The fraction of sp³-hybridized carbons (Fsp3) is 0.238. The number of methoxy groups -OCH3 is 1. The molecule has 1 fully saturated rings. The van der Waals surface area contributed by atoms with E-state index in [0.717, 1.165) is 52.1 Å². The molecule has 4 heterocycles. The lowest BCUT2D eigenvalue weighted by molar-refractivity contribution is -0.117. The summed E-state index contributed by atoms with van der Waals surface area (Å²) in [6, 6.07) is 5.65. The van der Waals surface area contributed by atoms with E-state index in [2.05, 4.69) is 20.6 Å². The molecule has 2 N–H and O–H groups in total. The number of imidazole rings is 1. The van der Waals surface area contributed by atoms with Crippen LogP contribution in [0.25, 0.3) is 27.7 Å². The SMILES string of the molecule is CNc1ncc(-c2cn3ccc(OC)cc3n2)c2cc(NC(=O)C3CC3)ncc12. The first kappa shape index (κ1) is 17.4. The first-order valence-electron chi connectivity index (χ1n) is 9.47. The van der Waals surface area contributed by atoms with Gasteiger partial charge in [0.1, 0.15) is 23.0 Å². The van der Waals surface area contributed by atoms with Gasteiger partial charge in [0.05, 0.1) is 12.8 Å². The van der Waals surface area contributed by atoms with E-state index in [1.807, 2.05) is 42.0 Å². The molecule has 0 atom stereocenters. The Morgan fingerprint density at radius 1 is 1.21 bits per heavy atom. The quantitative estimate of drug-likeness (QED) is 0.545. The zero-order valence-electron chi connectivity index (χ0n) is 16.1. The Hall–Kier alpha value is -3.68. The van der Waals surface area contributed by atoms with Crippen molar-refractivity contribution in [1.29, 1.82) is 0 Å². The molecule has 4 aromatic heterocycles. The molecule has 0 bridgehead atoms. The average molecular weight is 388 g/mol. The summed E-state index contributed by atoms with van der Waals surface area (Å²) in [6.45, 7) is 0. The summed E-state index contributed by atoms with van der Waals surface area (Å²) < 4.78 is 7.23. The molecule has 0 aliphatic heterocycles. The van der Waals surface area contributed by atoms with E-state index in [0.29, 0.717) is 5.82 Å². The van der Waals surface area contributed by atoms with Crippen LogP contribution in [-0.4, -0.2) is 39.4 Å². The molecule has 0 saturated heterocycles. The van der Waals surface area contributed by atoms with Gasteiger partial charge in [-0.2, -0.15) is 0 Å². The number of anilines is 2. The Morgan fingerprint density at radius 3 is 2.83 bits per heavy atom. The number of nitrogens with zero attached hydrogens (tertiary/aromatic N) is 4. The van der Waals surface area contributed by atoms with E-state index in [1.165, 1.54) is 0 Å². The predicted molar refractivity (Wildman–Crippen MR) is 111 cm³/mol. The smallest absolute Gasteiger partial charge is 0.228 e. The number of carbonyl (C=O) groups excluding carboxylic acids is 1. The van der Waals surface area contributed by atoms with Crippen molar-refractivity contribution < 1.29 is 9.53 Å². The highest BCUT2D eigenvalue weighted by atomic mass is 16.5. The molecule has 29 heavy (non-hydrogen) atoms. The number of carbonyl (C=O) groups is 1.